The zero-order chi connectivity index (χ0) is 27.7. The number of ether oxygens (including phenoxy) is 1. The number of carbonyl (C=O) groups is 2. The fraction of sp³-hybridized carbons (Fsp3) is 0.242. The van der Waals surface area contributed by atoms with Crippen molar-refractivity contribution in [3.05, 3.63) is 112 Å². The third-order valence-corrected chi connectivity index (χ3v) is 9.56. The minimum Gasteiger partial charge on any atom is -0.481 e. The third-order valence-electron chi connectivity index (χ3n) is 7.68. The second-order valence-corrected chi connectivity index (χ2v) is 12.3. The molecule has 0 amide bonds. The van der Waals surface area contributed by atoms with E-state index < -0.39 is 5.97 Å². The summed E-state index contributed by atoms with van der Waals surface area (Å²) in [5.41, 5.74) is 5.25. The van der Waals surface area contributed by atoms with Crippen molar-refractivity contribution in [3.8, 4) is 0 Å². The molecule has 2 heterocycles. The highest BCUT2D eigenvalue weighted by molar-refractivity contribution is 7.99. The molecule has 0 bridgehead atoms. The molecule has 1 N–H and O–H groups in total. The summed E-state index contributed by atoms with van der Waals surface area (Å²) < 4.78 is 5.80. The smallest absolute Gasteiger partial charge is 0.339 e. The Bertz CT molecular complexity index is 1630. The lowest BCUT2D eigenvalue weighted by Gasteiger charge is -2.23. The zero-order valence-corrected chi connectivity index (χ0v) is 23.3. The Balaban J connectivity index is 1.25. The summed E-state index contributed by atoms with van der Waals surface area (Å²) in [7, 11) is 0. The lowest BCUT2D eigenvalue weighted by molar-refractivity contribution is -0.138. The number of aliphatic carboxylic acids is 1. The van der Waals surface area contributed by atoms with Crippen LogP contribution in [-0.2, 0) is 9.53 Å². The molecule has 202 valence electrons. The summed E-state index contributed by atoms with van der Waals surface area (Å²) in [6.07, 6.45) is 6.39. The number of fused-ring (bicyclic) bond motifs is 2. The maximum absolute atomic E-state index is 12.5. The maximum Gasteiger partial charge on any atom is 0.339 e. The number of pyridine rings is 1. The number of hydrogen-bond donors (Lipinski definition) is 1. The van der Waals surface area contributed by atoms with E-state index >= 15 is 0 Å². The van der Waals surface area contributed by atoms with Crippen LogP contribution in [0.15, 0.2) is 78.9 Å². The maximum atomic E-state index is 12.5. The number of carboxylic acid groups (broad SMARTS) is 1. The van der Waals surface area contributed by atoms with Crippen LogP contribution in [-0.4, -0.2) is 27.8 Å². The molecule has 4 aromatic rings. The summed E-state index contributed by atoms with van der Waals surface area (Å²) in [6, 6.07) is 25.6. The van der Waals surface area contributed by atoms with Crippen LogP contribution in [0.2, 0.25) is 5.02 Å². The molecule has 3 aromatic carbocycles. The SMILES string of the molecule is O=C(O)CC1(CS[C@H](C[C@H]2OC(=O)c3ccccc32)c2cccc(/C=C/c3ccc4ccc(Cl)cc4n3)c2)CC1. The zero-order valence-electron chi connectivity index (χ0n) is 21.8. The lowest BCUT2D eigenvalue weighted by atomic mass is 9.98. The molecule has 0 unspecified atom stereocenters. The van der Waals surface area contributed by atoms with E-state index in [1.54, 1.807) is 11.8 Å². The summed E-state index contributed by atoms with van der Waals surface area (Å²) in [6.45, 7) is 0. The van der Waals surface area contributed by atoms with Crippen LogP contribution in [0, 0.1) is 5.41 Å². The lowest BCUT2D eigenvalue weighted by Crippen LogP contribution is -2.13. The van der Waals surface area contributed by atoms with E-state index in [1.807, 2.05) is 72.8 Å². The summed E-state index contributed by atoms with van der Waals surface area (Å²) >= 11 is 7.92. The molecule has 0 spiro atoms. The molecule has 1 aromatic heterocycles. The van der Waals surface area contributed by atoms with E-state index in [0.29, 0.717) is 17.0 Å². The topological polar surface area (TPSA) is 76.5 Å². The molecule has 7 heteroatoms. The molecule has 2 aliphatic rings. The molecule has 1 saturated carbocycles. The average molecular weight is 570 g/mol. The summed E-state index contributed by atoms with van der Waals surface area (Å²) in [5.74, 6) is -0.268. The second kappa shape index (κ2) is 11.1. The van der Waals surface area contributed by atoms with Gasteiger partial charge in [-0.2, -0.15) is 11.8 Å². The molecule has 0 radical (unpaired) electrons. The fourth-order valence-corrected chi connectivity index (χ4v) is 7.04. The van der Waals surface area contributed by atoms with Gasteiger partial charge in [0.1, 0.15) is 6.10 Å². The predicted molar refractivity (Wildman–Crippen MR) is 160 cm³/mol. The molecule has 40 heavy (non-hydrogen) atoms. The second-order valence-electron chi connectivity index (χ2n) is 10.7. The van der Waals surface area contributed by atoms with Gasteiger partial charge < -0.3 is 9.84 Å². The minimum atomic E-state index is -0.745. The van der Waals surface area contributed by atoms with Crippen LogP contribution in [0.4, 0.5) is 0 Å². The first-order valence-electron chi connectivity index (χ1n) is 13.4. The van der Waals surface area contributed by atoms with Crippen LogP contribution < -0.4 is 0 Å². The van der Waals surface area contributed by atoms with Crippen molar-refractivity contribution in [2.24, 2.45) is 5.41 Å². The Labute approximate surface area is 242 Å². The Hall–Kier alpha value is -3.61. The monoisotopic (exact) mass is 569 g/mol. The standard InChI is InChI=1S/C33H28ClNO4S/c34-24-11-9-22-10-13-25(35-28(22)17-24)12-8-21-4-3-5-23(16-21)30(40-20-33(14-15-33)19-31(36)37)18-29-26-6-1-2-7-27(26)32(38)39-29/h1-13,16-17,29-30H,14-15,18-20H2,(H,36,37)/b12-8+/t29-,30-/m1/s1. The number of carboxylic acids is 1. The molecule has 0 saturated heterocycles. The van der Waals surface area contributed by atoms with Crippen molar-refractivity contribution in [1.29, 1.82) is 0 Å². The highest BCUT2D eigenvalue weighted by atomic mass is 35.5. The fourth-order valence-electron chi connectivity index (χ4n) is 5.28. The highest BCUT2D eigenvalue weighted by Gasteiger charge is 2.45. The first-order chi connectivity index (χ1) is 19.4. The molecular weight excluding hydrogens is 542 g/mol. The van der Waals surface area contributed by atoms with Crippen molar-refractivity contribution in [3.63, 3.8) is 0 Å². The van der Waals surface area contributed by atoms with Gasteiger partial charge in [-0.1, -0.05) is 72.3 Å². The van der Waals surface area contributed by atoms with Gasteiger partial charge in [-0.25, -0.2) is 9.78 Å². The van der Waals surface area contributed by atoms with Gasteiger partial charge in [0, 0.05) is 33.4 Å². The van der Waals surface area contributed by atoms with Gasteiger partial charge in [0.15, 0.2) is 0 Å². The van der Waals surface area contributed by atoms with Crippen LogP contribution >= 0.6 is 23.4 Å². The van der Waals surface area contributed by atoms with E-state index in [0.717, 1.165) is 51.9 Å². The number of benzene rings is 3. The van der Waals surface area contributed by atoms with Gasteiger partial charge >= 0.3 is 11.9 Å². The van der Waals surface area contributed by atoms with Crippen molar-refractivity contribution >= 4 is 58.4 Å². The van der Waals surface area contributed by atoms with Gasteiger partial charge in [-0.05, 0) is 59.7 Å². The molecule has 5 nitrogen and oxygen atoms in total. The van der Waals surface area contributed by atoms with Gasteiger partial charge in [-0.3, -0.25) is 4.79 Å². The van der Waals surface area contributed by atoms with Gasteiger partial charge in [0.25, 0.3) is 0 Å². The number of carbonyl (C=O) groups excluding carboxylic acids is 1. The van der Waals surface area contributed by atoms with Crippen molar-refractivity contribution in [2.75, 3.05) is 5.75 Å². The first kappa shape index (κ1) is 26.6. The van der Waals surface area contributed by atoms with Crippen LogP contribution in [0.3, 0.4) is 0 Å². The summed E-state index contributed by atoms with van der Waals surface area (Å²) in [4.78, 5) is 28.7. The molecule has 1 aliphatic heterocycles. The number of aromatic nitrogens is 1. The first-order valence-corrected chi connectivity index (χ1v) is 14.8. The van der Waals surface area contributed by atoms with E-state index in [4.69, 9.17) is 21.3 Å². The number of esters is 1. The Morgan fingerprint density at radius 2 is 1.90 bits per heavy atom. The average Bonchev–Trinajstić information content (AvgIpc) is 3.64. The van der Waals surface area contributed by atoms with Gasteiger partial charge in [0.2, 0.25) is 0 Å². The number of halogens is 1. The quantitative estimate of drug-likeness (QED) is 0.193. The van der Waals surface area contributed by atoms with Crippen molar-refractivity contribution in [1.82, 2.24) is 4.98 Å². The summed E-state index contributed by atoms with van der Waals surface area (Å²) in [5, 5.41) is 11.1. The van der Waals surface area contributed by atoms with Crippen molar-refractivity contribution in [2.45, 2.75) is 37.0 Å². The normalized spacial score (nSPS) is 18.0. The Kier molecular flexibility index (Phi) is 7.39. The number of hydrogen-bond acceptors (Lipinski definition) is 5. The van der Waals surface area contributed by atoms with Crippen LogP contribution in [0.25, 0.3) is 23.1 Å². The van der Waals surface area contributed by atoms with E-state index in [1.165, 1.54) is 0 Å². The third kappa shape index (κ3) is 5.93. The molecule has 2 atom stereocenters. The Morgan fingerprint density at radius 1 is 1.07 bits per heavy atom. The molecule has 1 fully saturated rings. The number of nitrogens with zero attached hydrogens (tertiary/aromatic N) is 1. The van der Waals surface area contributed by atoms with E-state index in [-0.39, 0.29) is 29.2 Å². The number of cyclic esters (lactones) is 1. The van der Waals surface area contributed by atoms with Crippen LogP contribution in [0.1, 0.15) is 69.8 Å². The molecular formula is C33H28ClNO4S. The Morgan fingerprint density at radius 3 is 2.73 bits per heavy atom. The van der Waals surface area contributed by atoms with Crippen LogP contribution in [0.5, 0.6) is 0 Å². The largest absolute Gasteiger partial charge is 0.481 e. The number of thioether (sulfide) groups is 1. The minimum absolute atomic E-state index is 0.0320. The molecule has 1 aliphatic carbocycles. The molecule has 6 rings (SSSR count). The van der Waals surface area contributed by atoms with Crippen molar-refractivity contribution < 1.29 is 19.4 Å². The predicted octanol–water partition coefficient (Wildman–Crippen LogP) is 8.39. The number of rotatable bonds is 10. The van der Waals surface area contributed by atoms with E-state index in [9.17, 15) is 14.7 Å². The van der Waals surface area contributed by atoms with Gasteiger partial charge in [0.05, 0.1) is 23.2 Å². The highest BCUT2D eigenvalue weighted by Crippen LogP contribution is 2.54. The van der Waals surface area contributed by atoms with E-state index in [2.05, 4.69) is 18.2 Å². The van der Waals surface area contributed by atoms with Gasteiger partial charge in [-0.15, -0.1) is 0 Å².